The number of hydrogen-bond donors (Lipinski definition) is 1. The lowest BCUT2D eigenvalue weighted by Gasteiger charge is -2.06. The highest BCUT2D eigenvalue weighted by molar-refractivity contribution is 5.86. The minimum absolute atomic E-state index is 0.741. The summed E-state index contributed by atoms with van der Waals surface area (Å²) < 4.78 is 10.3. The minimum Gasteiger partial charge on any atom is -0.497 e. The molecule has 0 aliphatic carbocycles. The normalized spacial score (nSPS) is 11.9. The number of rotatable bonds is 7. The van der Waals surface area contributed by atoms with Gasteiger partial charge in [0, 0.05) is 20.2 Å². The number of fused-ring (bicyclic) bond motifs is 1. The van der Waals surface area contributed by atoms with Crippen LogP contribution in [0.4, 0.5) is 0 Å². The molecule has 2 aromatic rings. The van der Waals surface area contributed by atoms with Gasteiger partial charge in [0.1, 0.15) is 5.75 Å². The third-order valence-corrected chi connectivity index (χ3v) is 3.37. The second-order valence-electron chi connectivity index (χ2n) is 5.13. The molecule has 0 atom stereocenters. The van der Waals surface area contributed by atoms with E-state index >= 15 is 0 Å². The van der Waals surface area contributed by atoms with E-state index in [2.05, 4.69) is 48.6 Å². The van der Waals surface area contributed by atoms with Crippen LogP contribution in [-0.2, 0) is 4.74 Å². The summed E-state index contributed by atoms with van der Waals surface area (Å²) in [5.74, 6) is 0.893. The zero-order valence-corrected chi connectivity index (χ0v) is 13.0. The Balaban J connectivity index is 2.08. The largest absolute Gasteiger partial charge is 0.497 e. The summed E-state index contributed by atoms with van der Waals surface area (Å²) in [7, 11) is 3.41. The Hall–Kier alpha value is -1.84. The fourth-order valence-electron chi connectivity index (χ4n) is 2.25. The van der Waals surface area contributed by atoms with Crippen LogP contribution in [0.1, 0.15) is 12.5 Å². The molecular formula is C18H23NO2. The summed E-state index contributed by atoms with van der Waals surface area (Å²) in [6.07, 6.45) is 2.21. The van der Waals surface area contributed by atoms with Crippen molar-refractivity contribution in [1.82, 2.24) is 5.32 Å². The van der Waals surface area contributed by atoms with Crippen molar-refractivity contribution >= 4 is 16.8 Å². The van der Waals surface area contributed by atoms with E-state index in [9.17, 15) is 0 Å². The van der Waals surface area contributed by atoms with Crippen LogP contribution in [-0.4, -0.2) is 33.9 Å². The molecule has 0 bridgehead atoms. The van der Waals surface area contributed by atoms with Crippen LogP contribution >= 0.6 is 0 Å². The van der Waals surface area contributed by atoms with Gasteiger partial charge in [-0.3, -0.25) is 0 Å². The molecule has 21 heavy (non-hydrogen) atoms. The average Bonchev–Trinajstić information content (AvgIpc) is 2.51. The highest BCUT2D eigenvalue weighted by atomic mass is 16.5. The van der Waals surface area contributed by atoms with Crippen molar-refractivity contribution in [2.75, 3.05) is 33.9 Å². The van der Waals surface area contributed by atoms with Crippen molar-refractivity contribution in [3.8, 4) is 5.75 Å². The van der Waals surface area contributed by atoms with Crippen molar-refractivity contribution in [1.29, 1.82) is 0 Å². The molecule has 0 aliphatic heterocycles. The van der Waals surface area contributed by atoms with Gasteiger partial charge in [-0.2, -0.15) is 0 Å². The Bertz CT molecular complexity index is 620. The second-order valence-corrected chi connectivity index (χ2v) is 5.13. The van der Waals surface area contributed by atoms with E-state index in [1.165, 1.54) is 21.9 Å². The van der Waals surface area contributed by atoms with Crippen LogP contribution in [0.15, 0.2) is 42.0 Å². The molecule has 3 nitrogen and oxygen atoms in total. The number of ether oxygens (including phenoxy) is 2. The van der Waals surface area contributed by atoms with Gasteiger partial charge < -0.3 is 14.8 Å². The van der Waals surface area contributed by atoms with Gasteiger partial charge in [0.25, 0.3) is 0 Å². The molecular weight excluding hydrogens is 262 g/mol. The van der Waals surface area contributed by atoms with E-state index in [0.717, 1.165) is 25.4 Å². The standard InChI is InChI=1S/C18H23NO2/c1-14(13-19-8-9-20-2)10-15-4-5-17-12-18(21-3)7-6-16(17)11-15/h4-7,10-12,19H,8-9,13H2,1-3H3. The quantitative estimate of drug-likeness (QED) is 0.790. The van der Waals surface area contributed by atoms with Crippen LogP contribution in [0.5, 0.6) is 5.75 Å². The van der Waals surface area contributed by atoms with Gasteiger partial charge in [0.05, 0.1) is 13.7 Å². The molecule has 0 saturated heterocycles. The predicted octanol–water partition coefficient (Wildman–Crippen LogP) is 3.49. The zero-order chi connectivity index (χ0) is 15.1. The average molecular weight is 285 g/mol. The molecule has 0 fully saturated rings. The zero-order valence-electron chi connectivity index (χ0n) is 13.0. The molecule has 3 heteroatoms. The fourth-order valence-corrected chi connectivity index (χ4v) is 2.25. The lowest BCUT2D eigenvalue weighted by Crippen LogP contribution is -2.20. The summed E-state index contributed by atoms with van der Waals surface area (Å²) in [6.45, 7) is 4.63. The molecule has 0 radical (unpaired) electrons. The maximum atomic E-state index is 5.25. The lowest BCUT2D eigenvalue weighted by molar-refractivity contribution is 0.200. The van der Waals surface area contributed by atoms with Gasteiger partial charge in [0.2, 0.25) is 0 Å². The Morgan fingerprint density at radius 2 is 1.86 bits per heavy atom. The van der Waals surface area contributed by atoms with Gasteiger partial charge in [0.15, 0.2) is 0 Å². The molecule has 0 heterocycles. The van der Waals surface area contributed by atoms with Crippen molar-refractivity contribution in [3.63, 3.8) is 0 Å². The molecule has 1 N–H and O–H groups in total. The van der Waals surface area contributed by atoms with E-state index < -0.39 is 0 Å². The first kappa shape index (κ1) is 15.5. The number of methoxy groups -OCH3 is 2. The van der Waals surface area contributed by atoms with E-state index in [4.69, 9.17) is 9.47 Å². The number of hydrogen-bond acceptors (Lipinski definition) is 3. The number of nitrogens with one attached hydrogen (secondary N) is 1. The monoisotopic (exact) mass is 285 g/mol. The van der Waals surface area contributed by atoms with Crippen molar-refractivity contribution < 1.29 is 9.47 Å². The predicted molar refractivity (Wildman–Crippen MR) is 88.9 cm³/mol. The van der Waals surface area contributed by atoms with E-state index in [0.29, 0.717) is 0 Å². The lowest BCUT2D eigenvalue weighted by atomic mass is 10.0. The molecule has 0 aliphatic rings. The molecule has 0 saturated carbocycles. The van der Waals surface area contributed by atoms with Crippen molar-refractivity contribution in [2.24, 2.45) is 0 Å². The van der Waals surface area contributed by atoms with Crippen molar-refractivity contribution in [2.45, 2.75) is 6.92 Å². The van der Waals surface area contributed by atoms with Crippen LogP contribution in [0.3, 0.4) is 0 Å². The molecule has 0 aromatic heterocycles. The third kappa shape index (κ3) is 4.59. The van der Waals surface area contributed by atoms with Gasteiger partial charge in [-0.15, -0.1) is 0 Å². The molecule has 0 amide bonds. The molecule has 2 rings (SSSR count). The fraction of sp³-hybridized carbons (Fsp3) is 0.333. The first-order valence-corrected chi connectivity index (χ1v) is 7.17. The van der Waals surface area contributed by atoms with Crippen LogP contribution in [0.2, 0.25) is 0 Å². The first-order chi connectivity index (χ1) is 10.2. The molecule has 2 aromatic carbocycles. The summed E-state index contributed by atoms with van der Waals surface area (Å²) in [5, 5.41) is 5.77. The Morgan fingerprint density at radius 1 is 1.10 bits per heavy atom. The summed E-state index contributed by atoms with van der Waals surface area (Å²) in [4.78, 5) is 0. The highest BCUT2D eigenvalue weighted by Gasteiger charge is 1.98. The number of benzene rings is 2. The summed E-state index contributed by atoms with van der Waals surface area (Å²) in [6, 6.07) is 12.6. The first-order valence-electron chi connectivity index (χ1n) is 7.17. The highest BCUT2D eigenvalue weighted by Crippen LogP contribution is 2.22. The minimum atomic E-state index is 0.741. The van der Waals surface area contributed by atoms with Gasteiger partial charge >= 0.3 is 0 Å². The summed E-state index contributed by atoms with van der Waals surface area (Å²) in [5.41, 5.74) is 2.53. The maximum absolute atomic E-state index is 5.25. The summed E-state index contributed by atoms with van der Waals surface area (Å²) >= 11 is 0. The Morgan fingerprint density at radius 3 is 2.62 bits per heavy atom. The molecule has 0 spiro atoms. The van der Waals surface area contributed by atoms with E-state index in [1.807, 2.05) is 6.07 Å². The van der Waals surface area contributed by atoms with Gasteiger partial charge in [-0.05, 0) is 41.5 Å². The van der Waals surface area contributed by atoms with Crippen LogP contribution in [0, 0.1) is 0 Å². The van der Waals surface area contributed by atoms with E-state index in [1.54, 1.807) is 14.2 Å². The third-order valence-electron chi connectivity index (χ3n) is 3.37. The van der Waals surface area contributed by atoms with Crippen LogP contribution < -0.4 is 10.1 Å². The molecule has 0 unspecified atom stereocenters. The molecule has 112 valence electrons. The maximum Gasteiger partial charge on any atom is 0.119 e. The van der Waals surface area contributed by atoms with Crippen molar-refractivity contribution in [3.05, 3.63) is 47.5 Å². The second kappa shape index (κ2) is 7.81. The van der Waals surface area contributed by atoms with Gasteiger partial charge in [-0.25, -0.2) is 0 Å². The van der Waals surface area contributed by atoms with Gasteiger partial charge in [-0.1, -0.05) is 29.8 Å². The smallest absolute Gasteiger partial charge is 0.119 e. The Kier molecular flexibility index (Phi) is 5.78. The Labute approximate surface area is 126 Å². The topological polar surface area (TPSA) is 30.5 Å². The van der Waals surface area contributed by atoms with Crippen LogP contribution in [0.25, 0.3) is 16.8 Å². The SMILES string of the molecule is COCCNCC(C)=Cc1ccc2cc(OC)ccc2c1. The van der Waals surface area contributed by atoms with E-state index in [-0.39, 0.29) is 0 Å².